The van der Waals surface area contributed by atoms with Crippen LogP contribution < -0.4 is 5.73 Å². The van der Waals surface area contributed by atoms with Crippen molar-refractivity contribution >= 4 is 6.09 Å². The van der Waals surface area contributed by atoms with E-state index in [0.717, 1.165) is 12.8 Å². The second-order valence-electron chi connectivity index (χ2n) is 5.54. The molecule has 0 saturated heterocycles. The molecule has 0 aromatic carbocycles. The van der Waals surface area contributed by atoms with Gasteiger partial charge in [0, 0.05) is 19.0 Å². The third-order valence-corrected chi connectivity index (χ3v) is 2.67. The van der Waals surface area contributed by atoms with Crippen molar-refractivity contribution in [1.29, 1.82) is 0 Å². The summed E-state index contributed by atoms with van der Waals surface area (Å²) in [5.41, 5.74) is 5.41. The van der Waals surface area contributed by atoms with Crippen LogP contribution in [0.15, 0.2) is 0 Å². The molecule has 0 bridgehead atoms. The second kappa shape index (κ2) is 4.00. The van der Waals surface area contributed by atoms with Gasteiger partial charge in [-0.15, -0.1) is 0 Å². The van der Waals surface area contributed by atoms with Gasteiger partial charge in [0.25, 0.3) is 0 Å². The molecule has 0 aromatic rings. The number of ether oxygens (including phenoxy) is 1. The quantitative estimate of drug-likeness (QED) is 0.776. The third kappa shape index (κ3) is 3.70. The molecule has 1 saturated carbocycles. The summed E-state index contributed by atoms with van der Waals surface area (Å²) in [6, 6.07) is 0. The van der Waals surface area contributed by atoms with Crippen molar-refractivity contribution in [2.24, 2.45) is 11.1 Å². The highest BCUT2D eigenvalue weighted by Crippen LogP contribution is 2.44. The van der Waals surface area contributed by atoms with E-state index in [-0.39, 0.29) is 11.5 Å². The summed E-state index contributed by atoms with van der Waals surface area (Å²) < 4.78 is 5.26. The maximum absolute atomic E-state index is 11.6. The van der Waals surface area contributed by atoms with Crippen LogP contribution in [0.5, 0.6) is 0 Å². The van der Waals surface area contributed by atoms with E-state index >= 15 is 0 Å². The van der Waals surface area contributed by atoms with Gasteiger partial charge in [0.05, 0.1) is 0 Å². The minimum Gasteiger partial charge on any atom is -0.444 e. The predicted molar refractivity (Wildman–Crippen MR) is 59.6 cm³/mol. The van der Waals surface area contributed by atoms with Gasteiger partial charge < -0.3 is 15.4 Å². The van der Waals surface area contributed by atoms with Crippen LogP contribution in [0.2, 0.25) is 0 Å². The molecular weight excluding hydrogens is 192 g/mol. The van der Waals surface area contributed by atoms with E-state index in [4.69, 9.17) is 10.5 Å². The fourth-order valence-electron chi connectivity index (χ4n) is 1.51. The molecule has 2 N–H and O–H groups in total. The van der Waals surface area contributed by atoms with Gasteiger partial charge in [0.15, 0.2) is 0 Å². The van der Waals surface area contributed by atoms with Crippen LogP contribution >= 0.6 is 0 Å². The Balaban J connectivity index is 2.40. The molecular formula is C11H22N2O2. The number of hydrogen-bond acceptors (Lipinski definition) is 3. The highest BCUT2D eigenvalue weighted by molar-refractivity contribution is 5.67. The molecule has 0 spiro atoms. The van der Waals surface area contributed by atoms with E-state index in [2.05, 4.69) is 0 Å². The van der Waals surface area contributed by atoms with Crippen LogP contribution in [0, 0.1) is 5.41 Å². The summed E-state index contributed by atoms with van der Waals surface area (Å²) >= 11 is 0. The SMILES string of the molecule is CN(CC1(CN)CC1)C(=O)OC(C)(C)C. The first-order valence-electron chi connectivity index (χ1n) is 5.42. The molecule has 88 valence electrons. The van der Waals surface area contributed by atoms with Crippen LogP contribution in [0.1, 0.15) is 33.6 Å². The smallest absolute Gasteiger partial charge is 0.410 e. The van der Waals surface area contributed by atoms with Gasteiger partial charge in [0.2, 0.25) is 0 Å². The molecule has 15 heavy (non-hydrogen) atoms. The maximum Gasteiger partial charge on any atom is 0.410 e. The molecule has 1 aliphatic rings. The van der Waals surface area contributed by atoms with Crippen molar-refractivity contribution in [3.63, 3.8) is 0 Å². The number of carbonyl (C=O) groups excluding carboxylic acids is 1. The summed E-state index contributed by atoms with van der Waals surface area (Å²) in [4.78, 5) is 13.3. The Bertz CT molecular complexity index is 241. The summed E-state index contributed by atoms with van der Waals surface area (Å²) in [6.45, 7) is 6.97. The molecule has 0 aromatic heterocycles. The fraction of sp³-hybridized carbons (Fsp3) is 0.909. The summed E-state index contributed by atoms with van der Waals surface area (Å²) in [5.74, 6) is 0. The largest absolute Gasteiger partial charge is 0.444 e. The van der Waals surface area contributed by atoms with E-state index in [1.807, 2.05) is 20.8 Å². The van der Waals surface area contributed by atoms with Gasteiger partial charge in [-0.05, 0) is 40.2 Å². The standard InChI is InChI=1S/C11H22N2O2/c1-10(2,3)15-9(14)13(4)8-11(7-12)5-6-11/h5-8,12H2,1-4H3. The number of nitrogens with two attached hydrogens (primary N) is 1. The zero-order valence-electron chi connectivity index (χ0n) is 10.2. The fourth-order valence-corrected chi connectivity index (χ4v) is 1.51. The molecule has 4 heteroatoms. The van der Waals surface area contributed by atoms with Crippen molar-refractivity contribution < 1.29 is 9.53 Å². The Morgan fingerprint density at radius 3 is 2.33 bits per heavy atom. The van der Waals surface area contributed by atoms with Gasteiger partial charge in [-0.1, -0.05) is 0 Å². The average molecular weight is 214 g/mol. The first kappa shape index (κ1) is 12.3. The molecule has 0 radical (unpaired) electrons. The maximum atomic E-state index is 11.6. The number of carbonyl (C=O) groups is 1. The van der Waals surface area contributed by atoms with Crippen molar-refractivity contribution in [3.8, 4) is 0 Å². The number of hydrogen-bond donors (Lipinski definition) is 1. The van der Waals surface area contributed by atoms with Crippen molar-refractivity contribution in [2.45, 2.75) is 39.2 Å². The van der Waals surface area contributed by atoms with Gasteiger partial charge in [-0.25, -0.2) is 4.79 Å². The predicted octanol–water partition coefficient (Wildman–Crippen LogP) is 1.59. The first-order chi connectivity index (χ1) is 6.78. The van der Waals surface area contributed by atoms with Gasteiger partial charge in [0.1, 0.15) is 5.60 Å². The Kier molecular flexibility index (Phi) is 3.28. The highest BCUT2D eigenvalue weighted by atomic mass is 16.6. The second-order valence-corrected chi connectivity index (χ2v) is 5.54. The van der Waals surface area contributed by atoms with Gasteiger partial charge in [-0.3, -0.25) is 0 Å². The summed E-state index contributed by atoms with van der Waals surface area (Å²) in [5, 5.41) is 0. The lowest BCUT2D eigenvalue weighted by molar-refractivity contribution is 0.0267. The lowest BCUT2D eigenvalue weighted by atomic mass is 10.1. The molecule has 1 amide bonds. The first-order valence-corrected chi connectivity index (χ1v) is 5.42. The Hall–Kier alpha value is -0.770. The van der Waals surface area contributed by atoms with E-state index in [1.165, 1.54) is 0 Å². The van der Waals surface area contributed by atoms with Crippen LogP contribution in [0.25, 0.3) is 0 Å². The third-order valence-electron chi connectivity index (χ3n) is 2.67. The van der Waals surface area contributed by atoms with Crippen LogP contribution in [-0.2, 0) is 4.74 Å². The zero-order valence-corrected chi connectivity index (χ0v) is 10.2. The van der Waals surface area contributed by atoms with E-state index < -0.39 is 5.60 Å². The molecule has 0 atom stereocenters. The minimum absolute atomic E-state index is 0.172. The molecule has 1 aliphatic carbocycles. The highest BCUT2D eigenvalue weighted by Gasteiger charge is 2.43. The molecule has 0 unspecified atom stereocenters. The molecule has 1 rings (SSSR count). The number of amides is 1. The van der Waals surface area contributed by atoms with Crippen LogP contribution in [0.3, 0.4) is 0 Å². The van der Waals surface area contributed by atoms with Crippen LogP contribution in [-0.4, -0.2) is 36.7 Å². The zero-order chi connectivity index (χ0) is 11.7. The van der Waals surface area contributed by atoms with E-state index in [1.54, 1.807) is 11.9 Å². The topological polar surface area (TPSA) is 55.6 Å². The lowest BCUT2D eigenvalue weighted by Gasteiger charge is -2.27. The Morgan fingerprint density at radius 1 is 1.47 bits per heavy atom. The molecule has 4 nitrogen and oxygen atoms in total. The van der Waals surface area contributed by atoms with Crippen molar-refractivity contribution in [3.05, 3.63) is 0 Å². The van der Waals surface area contributed by atoms with Crippen molar-refractivity contribution in [1.82, 2.24) is 4.90 Å². The van der Waals surface area contributed by atoms with E-state index in [0.29, 0.717) is 13.1 Å². The van der Waals surface area contributed by atoms with Gasteiger partial charge >= 0.3 is 6.09 Å². The summed E-state index contributed by atoms with van der Waals surface area (Å²) in [7, 11) is 1.77. The molecule has 1 fully saturated rings. The monoisotopic (exact) mass is 214 g/mol. The average Bonchev–Trinajstić information content (AvgIpc) is 2.82. The molecule has 0 heterocycles. The van der Waals surface area contributed by atoms with Gasteiger partial charge in [-0.2, -0.15) is 0 Å². The minimum atomic E-state index is -0.426. The number of nitrogens with zero attached hydrogens (tertiary/aromatic N) is 1. The van der Waals surface area contributed by atoms with Crippen LogP contribution in [0.4, 0.5) is 4.79 Å². The molecule has 0 aliphatic heterocycles. The number of rotatable bonds is 3. The Morgan fingerprint density at radius 2 is 2.00 bits per heavy atom. The Labute approximate surface area is 91.8 Å². The van der Waals surface area contributed by atoms with E-state index in [9.17, 15) is 4.79 Å². The van der Waals surface area contributed by atoms with Crippen molar-refractivity contribution in [2.75, 3.05) is 20.1 Å². The lowest BCUT2D eigenvalue weighted by Crippen LogP contribution is -2.39. The summed E-state index contributed by atoms with van der Waals surface area (Å²) in [6.07, 6.45) is 1.98. The normalized spacial score (nSPS) is 18.5.